The Balaban J connectivity index is 1.42. The number of nitrogens with one attached hydrogen (secondary N) is 1. The summed E-state index contributed by atoms with van der Waals surface area (Å²) in [6.07, 6.45) is 2.30. The molecular weight excluding hydrogens is 434 g/mol. The first-order valence-corrected chi connectivity index (χ1v) is 11.7. The first-order chi connectivity index (χ1) is 16.5. The SMILES string of the molecule is CCC(CC)OC(=O)Nc1ccc(-c2ccc(C3CCC(c4c(F)cccc4F)=N3)cc2)cc1. The summed E-state index contributed by atoms with van der Waals surface area (Å²) >= 11 is 0. The molecule has 0 aromatic heterocycles. The highest BCUT2D eigenvalue weighted by Gasteiger charge is 2.24. The highest BCUT2D eigenvalue weighted by molar-refractivity contribution is 6.02. The van der Waals surface area contributed by atoms with Crippen LogP contribution in [-0.2, 0) is 4.74 Å². The highest BCUT2D eigenvalue weighted by Crippen LogP contribution is 2.33. The molecule has 0 bridgehead atoms. The molecule has 0 radical (unpaired) electrons. The Morgan fingerprint density at radius 1 is 0.971 bits per heavy atom. The van der Waals surface area contributed by atoms with Crippen molar-refractivity contribution in [1.29, 1.82) is 0 Å². The predicted octanol–water partition coefficient (Wildman–Crippen LogP) is 7.69. The molecule has 0 saturated carbocycles. The Morgan fingerprint density at radius 3 is 2.15 bits per heavy atom. The minimum atomic E-state index is -0.573. The average Bonchev–Trinajstić information content (AvgIpc) is 3.33. The van der Waals surface area contributed by atoms with E-state index in [1.165, 1.54) is 18.2 Å². The number of amides is 1. The van der Waals surface area contributed by atoms with Crippen LogP contribution in [0.15, 0.2) is 71.7 Å². The van der Waals surface area contributed by atoms with Crippen molar-refractivity contribution in [3.8, 4) is 11.1 Å². The minimum absolute atomic E-state index is 0.0147. The fraction of sp³-hybridized carbons (Fsp3) is 0.286. The van der Waals surface area contributed by atoms with Gasteiger partial charge in [-0.15, -0.1) is 0 Å². The summed E-state index contributed by atoms with van der Waals surface area (Å²) in [6, 6.07) is 19.4. The number of hydrogen-bond acceptors (Lipinski definition) is 3. The van der Waals surface area contributed by atoms with Gasteiger partial charge in [0.1, 0.15) is 17.7 Å². The Morgan fingerprint density at radius 2 is 1.56 bits per heavy atom. The average molecular weight is 463 g/mol. The molecule has 0 fully saturated rings. The number of carbonyl (C=O) groups excluding carboxylic acids is 1. The van der Waals surface area contributed by atoms with Crippen molar-refractivity contribution in [1.82, 2.24) is 0 Å². The van der Waals surface area contributed by atoms with E-state index in [4.69, 9.17) is 4.74 Å². The fourth-order valence-electron chi connectivity index (χ4n) is 4.19. The van der Waals surface area contributed by atoms with Crippen molar-refractivity contribution in [3.63, 3.8) is 0 Å². The van der Waals surface area contributed by atoms with Crippen LogP contribution in [0.1, 0.15) is 56.7 Å². The zero-order valence-corrected chi connectivity index (χ0v) is 19.4. The second-order valence-electron chi connectivity index (χ2n) is 8.40. The summed E-state index contributed by atoms with van der Waals surface area (Å²) in [6.45, 7) is 3.98. The number of anilines is 1. The monoisotopic (exact) mass is 462 g/mol. The van der Waals surface area contributed by atoms with Crippen molar-refractivity contribution in [2.45, 2.75) is 51.7 Å². The summed E-state index contributed by atoms with van der Waals surface area (Å²) in [4.78, 5) is 16.6. The molecular formula is C28H28F2N2O2. The molecule has 1 amide bonds. The van der Waals surface area contributed by atoms with Gasteiger partial charge in [0.2, 0.25) is 0 Å². The molecule has 4 nitrogen and oxygen atoms in total. The molecule has 4 rings (SSSR count). The molecule has 1 aliphatic heterocycles. The van der Waals surface area contributed by atoms with Crippen LogP contribution in [-0.4, -0.2) is 17.9 Å². The van der Waals surface area contributed by atoms with Gasteiger partial charge in [0.25, 0.3) is 0 Å². The zero-order chi connectivity index (χ0) is 24.1. The molecule has 3 aromatic carbocycles. The number of halogens is 2. The lowest BCUT2D eigenvalue weighted by Crippen LogP contribution is -2.21. The first kappa shape index (κ1) is 23.6. The van der Waals surface area contributed by atoms with Crippen LogP contribution >= 0.6 is 0 Å². The van der Waals surface area contributed by atoms with Crippen LogP contribution in [0.4, 0.5) is 19.3 Å². The number of ether oxygens (including phenoxy) is 1. The largest absolute Gasteiger partial charge is 0.446 e. The molecule has 0 aliphatic carbocycles. The maximum absolute atomic E-state index is 14.1. The molecule has 1 atom stereocenters. The van der Waals surface area contributed by atoms with E-state index in [1.54, 1.807) is 0 Å². The van der Waals surface area contributed by atoms with Crippen LogP contribution < -0.4 is 5.32 Å². The van der Waals surface area contributed by atoms with Gasteiger partial charge in [-0.1, -0.05) is 56.3 Å². The second-order valence-corrected chi connectivity index (χ2v) is 8.40. The Hall–Kier alpha value is -3.54. The van der Waals surface area contributed by atoms with Crippen molar-refractivity contribution in [2.24, 2.45) is 4.99 Å². The number of aliphatic imine (C=N–C) groups is 1. The topological polar surface area (TPSA) is 50.7 Å². The van der Waals surface area contributed by atoms with Crippen LogP contribution in [0.2, 0.25) is 0 Å². The Kier molecular flexibility index (Phi) is 7.36. The van der Waals surface area contributed by atoms with Gasteiger partial charge in [0.05, 0.1) is 11.6 Å². The van der Waals surface area contributed by atoms with E-state index in [0.29, 0.717) is 17.8 Å². The van der Waals surface area contributed by atoms with Gasteiger partial charge in [-0.3, -0.25) is 10.3 Å². The van der Waals surface area contributed by atoms with Crippen molar-refractivity contribution < 1.29 is 18.3 Å². The summed E-state index contributed by atoms with van der Waals surface area (Å²) < 4.78 is 33.6. The molecule has 1 heterocycles. The number of carbonyl (C=O) groups is 1. The third-order valence-corrected chi connectivity index (χ3v) is 6.16. The number of benzene rings is 3. The molecule has 0 spiro atoms. The maximum Gasteiger partial charge on any atom is 0.411 e. The fourth-order valence-corrected chi connectivity index (χ4v) is 4.19. The van der Waals surface area contributed by atoms with Gasteiger partial charge in [-0.2, -0.15) is 0 Å². The zero-order valence-electron chi connectivity index (χ0n) is 19.4. The molecule has 3 aromatic rings. The maximum atomic E-state index is 14.1. The van der Waals surface area contributed by atoms with Crippen LogP contribution in [0.5, 0.6) is 0 Å². The number of nitrogens with zero attached hydrogens (tertiary/aromatic N) is 1. The highest BCUT2D eigenvalue weighted by atomic mass is 19.1. The normalized spacial score (nSPS) is 15.3. The number of rotatable bonds is 7. The lowest BCUT2D eigenvalue weighted by Gasteiger charge is -2.14. The van der Waals surface area contributed by atoms with Gasteiger partial charge < -0.3 is 4.74 Å². The smallest absolute Gasteiger partial charge is 0.411 e. The third-order valence-electron chi connectivity index (χ3n) is 6.16. The van der Waals surface area contributed by atoms with Crippen molar-refractivity contribution >= 4 is 17.5 Å². The molecule has 0 saturated heterocycles. The molecule has 34 heavy (non-hydrogen) atoms. The van der Waals surface area contributed by atoms with E-state index in [9.17, 15) is 13.6 Å². The molecule has 176 valence electrons. The quantitative estimate of drug-likeness (QED) is 0.391. The third kappa shape index (κ3) is 5.33. The number of hydrogen-bond donors (Lipinski definition) is 1. The van der Waals surface area contributed by atoms with E-state index < -0.39 is 17.7 Å². The first-order valence-electron chi connectivity index (χ1n) is 11.7. The van der Waals surface area contributed by atoms with E-state index >= 15 is 0 Å². The van der Waals surface area contributed by atoms with E-state index in [1.807, 2.05) is 62.4 Å². The van der Waals surface area contributed by atoms with Crippen LogP contribution in [0, 0.1) is 11.6 Å². The van der Waals surface area contributed by atoms with E-state index in [-0.39, 0.29) is 17.7 Å². The van der Waals surface area contributed by atoms with Gasteiger partial charge in [0.15, 0.2) is 0 Å². The van der Waals surface area contributed by atoms with Gasteiger partial charge in [-0.05, 0) is 66.6 Å². The molecule has 1 aliphatic rings. The van der Waals surface area contributed by atoms with Gasteiger partial charge in [-0.25, -0.2) is 13.6 Å². The predicted molar refractivity (Wildman–Crippen MR) is 131 cm³/mol. The minimum Gasteiger partial charge on any atom is -0.446 e. The van der Waals surface area contributed by atoms with Gasteiger partial charge >= 0.3 is 6.09 Å². The Bertz CT molecular complexity index is 1150. The summed E-state index contributed by atoms with van der Waals surface area (Å²) in [7, 11) is 0. The summed E-state index contributed by atoms with van der Waals surface area (Å²) in [5, 5.41) is 2.76. The summed E-state index contributed by atoms with van der Waals surface area (Å²) in [5.74, 6) is -1.15. The van der Waals surface area contributed by atoms with Crippen LogP contribution in [0.3, 0.4) is 0 Å². The van der Waals surface area contributed by atoms with Crippen molar-refractivity contribution in [2.75, 3.05) is 5.32 Å². The molecule has 1 unspecified atom stereocenters. The lowest BCUT2D eigenvalue weighted by molar-refractivity contribution is 0.106. The van der Waals surface area contributed by atoms with E-state index in [0.717, 1.165) is 36.0 Å². The standard InChI is InChI=1S/C28H28F2N2O2/c1-3-22(4-2)34-28(33)31-21-14-12-19(13-15-21)18-8-10-20(11-9-18)25-16-17-26(32-25)27-23(29)6-5-7-24(27)30/h5-15,22,25H,3-4,16-17H2,1-2H3,(H,31,33). The molecule has 6 heteroatoms. The second kappa shape index (κ2) is 10.6. The Labute approximate surface area is 198 Å². The lowest BCUT2D eigenvalue weighted by atomic mass is 9.99. The van der Waals surface area contributed by atoms with Gasteiger partial charge in [0, 0.05) is 11.4 Å². The van der Waals surface area contributed by atoms with E-state index in [2.05, 4.69) is 10.3 Å². The van der Waals surface area contributed by atoms with Crippen LogP contribution in [0.25, 0.3) is 11.1 Å². The summed E-state index contributed by atoms with van der Waals surface area (Å²) in [5.41, 5.74) is 4.18. The molecule has 1 N–H and O–H groups in total. The van der Waals surface area contributed by atoms with Crippen molar-refractivity contribution in [3.05, 3.63) is 89.5 Å².